The Morgan fingerprint density at radius 2 is 1.41 bits per heavy atom. The second-order valence-corrected chi connectivity index (χ2v) is 11.1. The van der Waals surface area contributed by atoms with Gasteiger partial charge in [-0.15, -0.1) is 0 Å². The first-order valence-electron chi connectivity index (χ1n) is 14.5. The van der Waals surface area contributed by atoms with Gasteiger partial charge in [0.2, 0.25) is 23.6 Å². The van der Waals surface area contributed by atoms with Crippen molar-refractivity contribution in [3.05, 3.63) is 71.3 Å². The first kappa shape index (κ1) is 37.7. The van der Waals surface area contributed by atoms with Gasteiger partial charge < -0.3 is 37.2 Å². The minimum Gasteiger partial charge on any atom is -0.392 e. The molecule has 8 N–H and O–H groups in total. The van der Waals surface area contributed by atoms with E-state index in [1.165, 1.54) is 19.1 Å². The zero-order valence-electron chi connectivity index (χ0n) is 25.6. The lowest BCUT2D eigenvalue weighted by molar-refractivity contribution is -0.212. The Kier molecular flexibility index (Phi) is 14.1. The Bertz CT molecular complexity index is 1340. The van der Waals surface area contributed by atoms with E-state index in [1.54, 1.807) is 56.3 Å². The molecule has 0 saturated heterocycles. The maximum atomic E-state index is 13.4. The van der Waals surface area contributed by atoms with E-state index in [9.17, 15) is 47.4 Å². The van der Waals surface area contributed by atoms with Crippen molar-refractivity contribution in [1.29, 1.82) is 0 Å². The zero-order valence-corrected chi connectivity index (χ0v) is 25.6. The normalized spacial score (nSPS) is 14.7. The van der Waals surface area contributed by atoms with Crippen LogP contribution in [0.15, 0.2) is 54.6 Å². The second-order valence-electron chi connectivity index (χ2n) is 11.1. The van der Waals surface area contributed by atoms with Gasteiger partial charge in [0, 0.05) is 18.4 Å². The zero-order chi connectivity index (χ0) is 34.6. The minimum atomic E-state index is -5.11. The number of carbonyl (C=O) groups is 5. The van der Waals surface area contributed by atoms with Gasteiger partial charge in [-0.25, -0.2) is 0 Å². The number of halogens is 3. The lowest BCUT2D eigenvalue weighted by atomic mass is 10.00. The summed E-state index contributed by atoms with van der Waals surface area (Å²) in [6.45, 7) is 4.35. The van der Waals surface area contributed by atoms with Crippen LogP contribution in [0.3, 0.4) is 0 Å². The first-order chi connectivity index (χ1) is 21.5. The predicted molar refractivity (Wildman–Crippen MR) is 161 cm³/mol. The molecular weight excluding hydrogens is 611 g/mol. The van der Waals surface area contributed by atoms with Gasteiger partial charge in [0.1, 0.15) is 18.1 Å². The van der Waals surface area contributed by atoms with Gasteiger partial charge in [-0.1, -0.05) is 56.3 Å². The highest BCUT2D eigenvalue weighted by Gasteiger charge is 2.44. The number of nitrogens with two attached hydrogens (primary N) is 1. The van der Waals surface area contributed by atoms with E-state index in [-0.39, 0.29) is 18.6 Å². The molecule has 0 fully saturated rings. The molecule has 0 spiro atoms. The van der Waals surface area contributed by atoms with Crippen molar-refractivity contribution in [2.75, 3.05) is 0 Å². The van der Waals surface area contributed by atoms with Gasteiger partial charge in [0.05, 0.1) is 12.6 Å². The number of nitrogens with one attached hydrogen (secondary N) is 4. The van der Waals surface area contributed by atoms with Crippen LogP contribution in [0.25, 0.3) is 0 Å². The van der Waals surface area contributed by atoms with Crippen molar-refractivity contribution < 1.29 is 47.4 Å². The smallest absolute Gasteiger partial charge is 0.392 e. The molecule has 2 aromatic carbocycles. The largest absolute Gasteiger partial charge is 0.416 e. The van der Waals surface area contributed by atoms with E-state index >= 15 is 0 Å². The quantitative estimate of drug-likeness (QED) is 0.139. The molecular formula is C31H40F3N5O7. The van der Waals surface area contributed by atoms with E-state index < -0.39 is 84.7 Å². The van der Waals surface area contributed by atoms with Crippen LogP contribution in [0.2, 0.25) is 0 Å². The first-order valence-corrected chi connectivity index (χ1v) is 14.5. The van der Waals surface area contributed by atoms with Gasteiger partial charge in [0.15, 0.2) is 6.10 Å². The van der Waals surface area contributed by atoms with Gasteiger partial charge in [-0.3, -0.25) is 24.0 Å². The van der Waals surface area contributed by atoms with Crippen molar-refractivity contribution in [1.82, 2.24) is 21.3 Å². The van der Waals surface area contributed by atoms with Gasteiger partial charge in [-0.2, -0.15) is 13.2 Å². The Hall–Kier alpha value is -4.50. The van der Waals surface area contributed by atoms with Crippen LogP contribution >= 0.6 is 0 Å². The minimum absolute atomic E-state index is 0.0395. The van der Waals surface area contributed by atoms with Crippen LogP contribution < -0.4 is 27.0 Å². The molecule has 0 aromatic heterocycles. The van der Waals surface area contributed by atoms with Crippen LogP contribution in [-0.2, 0) is 32.2 Å². The van der Waals surface area contributed by atoms with Crippen LogP contribution in [0, 0.1) is 5.92 Å². The lowest BCUT2D eigenvalue weighted by Gasteiger charge is -2.28. The molecule has 12 nitrogen and oxygen atoms in total. The molecule has 252 valence electrons. The van der Waals surface area contributed by atoms with Crippen molar-refractivity contribution in [3.8, 4) is 0 Å². The summed E-state index contributed by atoms with van der Waals surface area (Å²) in [5.41, 5.74) is 6.47. The standard InChI is InChI=1S/C31H40F3N5O7/c1-17(2)25(39-28(44)21-11-9-20(16-40)10-12-21)30(46)38-23(15-19-7-5-4-6-8-19)29(45)36-18(3)27(43)37-22(13-14-24(35)41)26(42)31(32,33)34/h4-12,17-18,22-23,25-26,40,42H,13-16H2,1-3H3,(H2,35,41)(H,36,45)(H,37,43)(H,38,46)(H,39,44). The van der Waals surface area contributed by atoms with Gasteiger partial charge in [0.25, 0.3) is 5.91 Å². The second kappa shape index (κ2) is 17.3. The van der Waals surface area contributed by atoms with Gasteiger partial charge in [-0.05, 0) is 42.5 Å². The highest BCUT2D eigenvalue weighted by molar-refractivity contribution is 5.99. The molecule has 0 aliphatic heterocycles. The number of aliphatic hydroxyl groups excluding tert-OH is 2. The summed E-state index contributed by atoms with van der Waals surface area (Å²) in [6.07, 6.45) is -9.31. The maximum Gasteiger partial charge on any atom is 0.416 e. The molecule has 15 heteroatoms. The Morgan fingerprint density at radius 3 is 1.93 bits per heavy atom. The highest BCUT2D eigenvalue weighted by atomic mass is 19.4. The molecule has 0 heterocycles. The lowest BCUT2D eigenvalue weighted by Crippen LogP contribution is -2.59. The summed E-state index contributed by atoms with van der Waals surface area (Å²) in [6, 6.07) is 8.91. The number of alkyl halides is 3. The Morgan fingerprint density at radius 1 is 0.804 bits per heavy atom. The molecule has 5 amide bonds. The maximum absolute atomic E-state index is 13.4. The third-order valence-electron chi connectivity index (χ3n) is 7.05. The third kappa shape index (κ3) is 11.8. The van der Waals surface area contributed by atoms with Crippen molar-refractivity contribution in [3.63, 3.8) is 0 Å². The van der Waals surface area contributed by atoms with Crippen LogP contribution in [0.1, 0.15) is 55.1 Å². The Balaban J connectivity index is 2.21. The molecule has 0 saturated carbocycles. The molecule has 0 aliphatic carbocycles. The number of primary amides is 1. The van der Waals surface area contributed by atoms with E-state index in [2.05, 4.69) is 16.0 Å². The van der Waals surface area contributed by atoms with E-state index in [1.807, 2.05) is 5.32 Å². The van der Waals surface area contributed by atoms with E-state index in [0.717, 1.165) is 0 Å². The van der Waals surface area contributed by atoms with E-state index in [0.29, 0.717) is 11.1 Å². The average molecular weight is 652 g/mol. The topological polar surface area (TPSA) is 200 Å². The number of hydrogen-bond acceptors (Lipinski definition) is 7. The molecule has 5 atom stereocenters. The number of rotatable bonds is 16. The summed E-state index contributed by atoms with van der Waals surface area (Å²) in [4.78, 5) is 63.6. The molecule has 0 radical (unpaired) electrons. The molecule has 46 heavy (non-hydrogen) atoms. The number of amides is 5. The monoisotopic (exact) mass is 651 g/mol. The summed E-state index contributed by atoms with van der Waals surface area (Å²) in [7, 11) is 0. The summed E-state index contributed by atoms with van der Waals surface area (Å²) in [5, 5.41) is 28.6. The number of benzene rings is 2. The highest BCUT2D eigenvalue weighted by Crippen LogP contribution is 2.24. The van der Waals surface area contributed by atoms with Crippen LogP contribution in [0.5, 0.6) is 0 Å². The van der Waals surface area contributed by atoms with E-state index in [4.69, 9.17) is 5.73 Å². The molecule has 5 unspecified atom stereocenters. The molecule has 2 rings (SSSR count). The van der Waals surface area contributed by atoms with Crippen LogP contribution in [-0.4, -0.2) is 76.2 Å². The predicted octanol–water partition coefficient (Wildman–Crippen LogP) is 0.839. The number of aliphatic hydroxyl groups is 2. The summed E-state index contributed by atoms with van der Waals surface area (Å²) in [5.74, 6) is -4.58. The fourth-order valence-corrected chi connectivity index (χ4v) is 4.36. The fraction of sp³-hybridized carbons (Fsp3) is 0.452. The molecule has 2 aromatic rings. The Labute approximate surface area is 264 Å². The molecule has 0 bridgehead atoms. The fourth-order valence-electron chi connectivity index (χ4n) is 4.36. The molecule has 0 aliphatic rings. The van der Waals surface area contributed by atoms with Gasteiger partial charge >= 0.3 is 6.18 Å². The number of hydrogen-bond donors (Lipinski definition) is 7. The average Bonchev–Trinajstić information content (AvgIpc) is 3.00. The van der Waals surface area contributed by atoms with Crippen LogP contribution in [0.4, 0.5) is 13.2 Å². The third-order valence-corrected chi connectivity index (χ3v) is 7.05. The summed E-state index contributed by atoms with van der Waals surface area (Å²) >= 11 is 0. The SMILES string of the molecule is CC(NC(=O)C(Cc1ccccc1)NC(=O)C(NC(=O)c1ccc(CO)cc1)C(C)C)C(=O)NC(CCC(N)=O)C(O)C(F)(F)F. The number of carbonyl (C=O) groups excluding carboxylic acids is 5. The van der Waals surface area contributed by atoms with Crippen molar-refractivity contribution in [2.45, 2.75) is 83.1 Å². The van der Waals surface area contributed by atoms with Crippen molar-refractivity contribution in [2.24, 2.45) is 11.7 Å². The summed E-state index contributed by atoms with van der Waals surface area (Å²) < 4.78 is 39.6. The van der Waals surface area contributed by atoms with Crippen molar-refractivity contribution >= 4 is 29.5 Å².